The van der Waals surface area contributed by atoms with E-state index >= 15 is 0 Å². The van der Waals surface area contributed by atoms with E-state index < -0.39 is 17.7 Å². The summed E-state index contributed by atoms with van der Waals surface area (Å²) in [4.78, 5) is 29.7. The van der Waals surface area contributed by atoms with Crippen LogP contribution < -0.4 is 4.90 Å². The zero-order chi connectivity index (χ0) is 19.9. The topological polar surface area (TPSA) is 94.5 Å². The van der Waals surface area contributed by atoms with Crippen molar-refractivity contribution in [2.45, 2.75) is 45.6 Å². The number of anilines is 1. The van der Waals surface area contributed by atoms with Crippen LogP contribution in [-0.4, -0.2) is 46.5 Å². The number of hydrogen-bond acceptors (Lipinski definition) is 8. The third-order valence-electron chi connectivity index (χ3n) is 3.39. The van der Waals surface area contributed by atoms with Crippen LogP contribution in [0.1, 0.15) is 48.4 Å². The molecular weight excluding hydrogens is 368 g/mol. The van der Waals surface area contributed by atoms with Crippen LogP contribution in [0.3, 0.4) is 0 Å². The van der Waals surface area contributed by atoms with Gasteiger partial charge in [0.25, 0.3) is 0 Å². The Hall–Kier alpha value is -2.55. The molecule has 0 bridgehead atoms. The molecule has 0 saturated heterocycles. The zero-order valence-electron chi connectivity index (χ0n) is 16.0. The van der Waals surface area contributed by atoms with Crippen LogP contribution in [0, 0.1) is 0 Å². The number of unbranched alkanes of at least 4 members (excludes halogenated alkanes) is 1. The quantitative estimate of drug-likeness (QED) is 0.526. The Balaban J connectivity index is 1.93. The lowest BCUT2D eigenvalue weighted by Gasteiger charge is -2.26. The molecule has 0 fully saturated rings. The number of nitrogens with zero attached hydrogens (tertiary/aromatic N) is 4. The number of esters is 1. The molecule has 0 N–H and O–H groups in total. The number of carbonyl (C=O) groups is 2. The van der Waals surface area contributed by atoms with Gasteiger partial charge in [0.2, 0.25) is 5.01 Å². The number of aromatic nitrogens is 3. The molecule has 2 rings (SSSR count). The van der Waals surface area contributed by atoms with Gasteiger partial charge in [-0.3, -0.25) is 4.90 Å². The van der Waals surface area contributed by atoms with Crippen LogP contribution in [0.2, 0.25) is 0 Å². The highest BCUT2D eigenvalue weighted by atomic mass is 32.1. The number of aryl methyl sites for hydroxylation is 1. The van der Waals surface area contributed by atoms with E-state index in [1.807, 2.05) is 26.8 Å². The zero-order valence-corrected chi connectivity index (χ0v) is 16.8. The third-order valence-corrected chi connectivity index (χ3v) is 4.35. The van der Waals surface area contributed by atoms with Crippen molar-refractivity contribution < 1.29 is 19.1 Å². The van der Waals surface area contributed by atoms with Crippen LogP contribution in [0.15, 0.2) is 24.4 Å². The highest BCUT2D eigenvalue weighted by molar-refractivity contribution is 7.13. The lowest BCUT2D eigenvalue weighted by molar-refractivity contribution is 0.0574. The fourth-order valence-electron chi connectivity index (χ4n) is 2.20. The number of pyridine rings is 1. The Morgan fingerprint density at radius 1 is 1.19 bits per heavy atom. The Bertz CT molecular complexity index is 758. The molecule has 0 aromatic carbocycles. The second-order valence-corrected chi connectivity index (χ2v) is 7.83. The van der Waals surface area contributed by atoms with Gasteiger partial charge in [-0.05, 0) is 45.7 Å². The summed E-state index contributed by atoms with van der Waals surface area (Å²) >= 11 is 1.22. The highest BCUT2D eigenvalue weighted by Crippen LogP contribution is 2.18. The van der Waals surface area contributed by atoms with Gasteiger partial charge in [0.1, 0.15) is 16.4 Å². The molecule has 0 saturated carbocycles. The molecule has 2 heterocycles. The average Bonchev–Trinajstić information content (AvgIpc) is 3.09. The average molecular weight is 392 g/mol. The normalized spacial score (nSPS) is 11.1. The maximum Gasteiger partial charge on any atom is 0.416 e. The number of rotatable bonds is 7. The maximum absolute atomic E-state index is 12.5. The van der Waals surface area contributed by atoms with Crippen molar-refractivity contribution in [2.24, 2.45) is 0 Å². The van der Waals surface area contributed by atoms with Gasteiger partial charge in [0.15, 0.2) is 0 Å². The molecule has 1 amide bonds. The molecule has 0 radical (unpaired) electrons. The van der Waals surface area contributed by atoms with Gasteiger partial charge in [0, 0.05) is 19.2 Å². The van der Waals surface area contributed by atoms with E-state index in [0.29, 0.717) is 18.8 Å². The van der Waals surface area contributed by atoms with Crippen molar-refractivity contribution in [3.8, 4) is 0 Å². The first kappa shape index (κ1) is 20.8. The van der Waals surface area contributed by atoms with Gasteiger partial charge in [0.05, 0.1) is 7.11 Å². The SMILES string of the molecule is COC(=O)c1nnc(CCCCN(C(=O)OC(C)(C)C)c2ccccn2)s1. The van der Waals surface area contributed by atoms with E-state index in [9.17, 15) is 9.59 Å². The fraction of sp³-hybridized carbons (Fsp3) is 0.500. The summed E-state index contributed by atoms with van der Waals surface area (Å²) in [5.74, 6) is 0.0700. The molecule has 8 nitrogen and oxygen atoms in total. The Labute approximate surface area is 162 Å². The predicted octanol–water partition coefficient (Wildman–Crippen LogP) is 3.48. The molecule has 0 spiro atoms. The van der Waals surface area contributed by atoms with Gasteiger partial charge >= 0.3 is 12.1 Å². The van der Waals surface area contributed by atoms with E-state index in [4.69, 9.17) is 4.74 Å². The highest BCUT2D eigenvalue weighted by Gasteiger charge is 2.23. The Morgan fingerprint density at radius 3 is 2.59 bits per heavy atom. The lowest BCUT2D eigenvalue weighted by Crippen LogP contribution is -2.38. The Morgan fingerprint density at radius 2 is 1.96 bits per heavy atom. The van der Waals surface area contributed by atoms with Gasteiger partial charge < -0.3 is 9.47 Å². The predicted molar refractivity (Wildman–Crippen MR) is 102 cm³/mol. The molecular formula is C18H24N4O4S. The first-order chi connectivity index (χ1) is 12.8. The van der Waals surface area contributed by atoms with Gasteiger partial charge in [-0.25, -0.2) is 14.6 Å². The molecule has 146 valence electrons. The number of hydrogen-bond donors (Lipinski definition) is 0. The monoisotopic (exact) mass is 392 g/mol. The summed E-state index contributed by atoms with van der Waals surface area (Å²) < 4.78 is 10.1. The van der Waals surface area contributed by atoms with Gasteiger partial charge in [-0.2, -0.15) is 0 Å². The van der Waals surface area contributed by atoms with Crippen LogP contribution in [0.25, 0.3) is 0 Å². The van der Waals surface area contributed by atoms with E-state index in [1.165, 1.54) is 23.3 Å². The molecule has 0 atom stereocenters. The van der Waals surface area contributed by atoms with Crippen molar-refractivity contribution >= 4 is 29.2 Å². The first-order valence-electron chi connectivity index (χ1n) is 8.62. The number of carbonyl (C=O) groups excluding carboxylic acids is 2. The first-order valence-corrected chi connectivity index (χ1v) is 9.44. The summed E-state index contributed by atoms with van der Waals surface area (Å²) in [5.41, 5.74) is -0.582. The molecule has 0 aliphatic carbocycles. The van der Waals surface area contributed by atoms with Gasteiger partial charge in [-0.1, -0.05) is 17.4 Å². The van der Waals surface area contributed by atoms with E-state index in [2.05, 4.69) is 19.9 Å². The second-order valence-electron chi connectivity index (χ2n) is 6.77. The second kappa shape index (κ2) is 9.40. The van der Waals surface area contributed by atoms with Crippen LogP contribution in [0.4, 0.5) is 10.6 Å². The Kier molecular flexibility index (Phi) is 7.23. The standard InChI is InChI=1S/C18H24N4O4S/c1-18(2,3)26-17(24)22(13-9-5-7-11-19-13)12-8-6-10-14-20-21-15(27-14)16(23)25-4/h5,7,9,11H,6,8,10,12H2,1-4H3. The van der Waals surface area contributed by atoms with Crippen molar-refractivity contribution in [1.82, 2.24) is 15.2 Å². The van der Waals surface area contributed by atoms with Crippen LogP contribution in [-0.2, 0) is 15.9 Å². The summed E-state index contributed by atoms with van der Waals surface area (Å²) in [6.07, 6.45) is 3.39. The minimum absolute atomic E-state index is 0.247. The van der Waals surface area contributed by atoms with Crippen molar-refractivity contribution in [2.75, 3.05) is 18.6 Å². The smallest absolute Gasteiger partial charge is 0.416 e. The van der Waals surface area contributed by atoms with Gasteiger partial charge in [-0.15, -0.1) is 10.2 Å². The summed E-state index contributed by atoms with van der Waals surface area (Å²) in [7, 11) is 1.31. The lowest BCUT2D eigenvalue weighted by atomic mass is 10.2. The number of methoxy groups -OCH3 is 1. The molecule has 0 aliphatic heterocycles. The van der Waals surface area contributed by atoms with Crippen molar-refractivity contribution in [3.63, 3.8) is 0 Å². The summed E-state index contributed by atoms with van der Waals surface area (Å²) in [6, 6.07) is 5.40. The molecule has 27 heavy (non-hydrogen) atoms. The molecule has 0 unspecified atom stereocenters. The third kappa shape index (κ3) is 6.59. The number of amides is 1. The minimum atomic E-state index is -0.582. The van der Waals surface area contributed by atoms with E-state index in [1.54, 1.807) is 18.3 Å². The van der Waals surface area contributed by atoms with E-state index in [0.717, 1.165) is 17.8 Å². The fourth-order valence-corrected chi connectivity index (χ4v) is 3.00. The molecule has 9 heteroatoms. The van der Waals surface area contributed by atoms with Crippen LogP contribution >= 0.6 is 11.3 Å². The van der Waals surface area contributed by atoms with Crippen molar-refractivity contribution in [1.29, 1.82) is 0 Å². The van der Waals surface area contributed by atoms with Crippen LogP contribution in [0.5, 0.6) is 0 Å². The van der Waals surface area contributed by atoms with Crippen molar-refractivity contribution in [3.05, 3.63) is 34.4 Å². The summed E-state index contributed by atoms with van der Waals surface area (Å²) in [5, 5.41) is 8.82. The molecule has 0 aliphatic rings. The molecule has 2 aromatic rings. The largest absolute Gasteiger partial charge is 0.464 e. The summed E-state index contributed by atoms with van der Waals surface area (Å²) in [6.45, 7) is 5.95. The number of ether oxygens (including phenoxy) is 2. The minimum Gasteiger partial charge on any atom is -0.464 e. The van der Waals surface area contributed by atoms with E-state index in [-0.39, 0.29) is 5.01 Å². The molecule has 2 aromatic heterocycles. The maximum atomic E-state index is 12.5.